The predicted octanol–water partition coefficient (Wildman–Crippen LogP) is 4.06. The van der Waals surface area contributed by atoms with Crippen LogP contribution in [0.2, 0.25) is 5.15 Å². The Balaban J connectivity index is 1.36. The topological polar surface area (TPSA) is 60.2 Å². The zero-order valence-corrected chi connectivity index (χ0v) is 15.0. The average molecular weight is 371 g/mol. The van der Waals surface area contributed by atoms with Crippen LogP contribution in [0.5, 0.6) is 0 Å². The third kappa shape index (κ3) is 3.37. The second-order valence-corrected chi connectivity index (χ2v) is 6.74. The fourth-order valence-electron chi connectivity index (χ4n) is 3.33. The van der Waals surface area contributed by atoms with Crippen LogP contribution in [0.25, 0.3) is 10.9 Å². The van der Waals surface area contributed by atoms with Crippen LogP contribution in [0.4, 0.5) is 4.79 Å². The normalized spacial score (nSPS) is 15.3. The van der Waals surface area contributed by atoms with Gasteiger partial charge in [-0.05, 0) is 24.5 Å². The van der Waals surface area contributed by atoms with Gasteiger partial charge in [0.05, 0.1) is 23.1 Å². The molecule has 0 unspecified atom stereocenters. The lowest BCUT2D eigenvalue weighted by Gasteiger charge is -2.31. The monoisotopic (exact) mass is 370 g/mol. The smallest absolute Gasteiger partial charge is 0.410 e. The Kier molecular flexibility index (Phi) is 4.75. The summed E-state index contributed by atoms with van der Waals surface area (Å²) >= 11 is 6.13. The molecule has 7 heteroatoms. The Morgan fingerprint density at radius 2 is 1.96 bits per heavy atom. The highest BCUT2D eigenvalue weighted by Crippen LogP contribution is 2.28. The van der Waals surface area contributed by atoms with E-state index in [4.69, 9.17) is 16.3 Å². The van der Waals surface area contributed by atoms with Gasteiger partial charge in [0, 0.05) is 19.3 Å². The lowest BCUT2D eigenvalue weighted by atomic mass is 10.1. The van der Waals surface area contributed by atoms with Crippen LogP contribution < -0.4 is 0 Å². The number of halogens is 1. The number of piperidine rings is 1. The number of hydrogen-bond donors (Lipinski definition) is 0. The minimum absolute atomic E-state index is 0.240. The van der Waals surface area contributed by atoms with Crippen molar-refractivity contribution in [3.8, 4) is 0 Å². The fourth-order valence-corrected chi connectivity index (χ4v) is 3.54. The van der Waals surface area contributed by atoms with Gasteiger partial charge in [0.25, 0.3) is 0 Å². The first-order chi connectivity index (χ1) is 12.7. The molecule has 2 aromatic heterocycles. The van der Waals surface area contributed by atoms with Gasteiger partial charge in [-0.2, -0.15) is 5.10 Å². The molecule has 0 atom stereocenters. The molecule has 3 heterocycles. The first kappa shape index (κ1) is 16.8. The number of hydrogen-bond acceptors (Lipinski definition) is 4. The van der Waals surface area contributed by atoms with E-state index >= 15 is 0 Å². The number of rotatable bonds is 3. The molecule has 1 aromatic carbocycles. The van der Waals surface area contributed by atoms with Gasteiger partial charge < -0.3 is 9.64 Å². The minimum atomic E-state index is -0.259. The van der Waals surface area contributed by atoms with Crippen molar-refractivity contribution in [3.63, 3.8) is 0 Å². The van der Waals surface area contributed by atoms with Gasteiger partial charge in [0.2, 0.25) is 0 Å². The summed E-state index contributed by atoms with van der Waals surface area (Å²) in [4.78, 5) is 18.1. The van der Waals surface area contributed by atoms with Crippen molar-refractivity contribution in [2.45, 2.75) is 25.5 Å². The molecule has 1 aliphatic rings. The molecule has 0 aliphatic carbocycles. The van der Waals surface area contributed by atoms with Crippen LogP contribution in [-0.4, -0.2) is 38.8 Å². The predicted molar refractivity (Wildman–Crippen MR) is 99.0 cm³/mol. The van der Waals surface area contributed by atoms with Crippen molar-refractivity contribution >= 4 is 28.6 Å². The lowest BCUT2D eigenvalue weighted by molar-refractivity contribution is 0.0825. The van der Waals surface area contributed by atoms with E-state index in [1.54, 1.807) is 17.3 Å². The Bertz CT molecular complexity index is 904. The summed E-state index contributed by atoms with van der Waals surface area (Å²) in [5, 5.41) is 5.81. The first-order valence-electron chi connectivity index (χ1n) is 8.66. The molecule has 0 N–H and O–H groups in total. The zero-order chi connectivity index (χ0) is 17.9. The number of benzene rings is 1. The highest BCUT2D eigenvalue weighted by molar-refractivity contribution is 6.34. The van der Waals surface area contributed by atoms with Crippen molar-refractivity contribution in [1.29, 1.82) is 0 Å². The SMILES string of the molecule is O=C(OCc1ccccc1)N1CCC(n2ncc3c(Cl)nccc32)CC1. The van der Waals surface area contributed by atoms with Gasteiger partial charge in [-0.15, -0.1) is 0 Å². The van der Waals surface area contributed by atoms with Crippen molar-refractivity contribution in [2.24, 2.45) is 0 Å². The number of fused-ring (bicyclic) bond motifs is 1. The Morgan fingerprint density at radius 1 is 1.19 bits per heavy atom. The standard InChI is InChI=1S/C19H19ClN4O2/c20-18-16-12-22-24(17(16)6-9-21-18)15-7-10-23(11-8-15)19(25)26-13-14-4-2-1-3-5-14/h1-6,9,12,15H,7-8,10-11,13H2. The fraction of sp³-hybridized carbons (Fsp3) is 0.316. The minimum Gasteiger partial charge on any atom is -0.445 e. The number of nitrogens with zero attached hydrogens (tertiary/aromatic N) is 4. The summed E-state index contributed by atoms with van der Waals surface area (Å²) in [6.45, 7) is 1.60. The van der Waals surface area contributed by atoms with Crippen LogP contribution in [0, 0.1) is 0 Å². The van der Waals surface area contributed by atoms with Crippen LogP contribution in [0.3, 0.4) is 0 Å². The number of ether oxygens (including phenoxy) is 1. The maximum absolute atomic E-state index is 12.3. The van der Waals surface area contributed by atoms with Gasteiger partial charge in [-0.25, -0.2) is 9.78 Å². The van der Waals surface area contributed by atoms with E-state index in [0.717, 1.165) is 29.3 Å². The molecule has 1 saturated heterocycles. The zero-order valence-electron chi connectivity index (χ0n) is 14.2. The molecule has 1 fully saturated rings. The quantitative estimate of drug-likeness (QED) is 0.652. The van der Waals surface area contributed by atoms with Gasteiger partial charge in [-0.3, -0.25) is 4.68 Å². The second-order valence-electron chi connectivity index (χ2n) is 6.38. The van der Waals surface area contributed by atoms with Gasteiger partial charge in [0.1, 0.15) is 11.8 Å². The number of amides is 1. The molecule has 1 amide bonds. The van der Waals surface area contributed by atoms with Crippen LogP contribution in [0.15, 0.2) is 48.8 Å². The maximum Gasteiger partial charge on any atom is 0.410 e. The van der Waals surface area contributed by atoms with Crippen LogP contribution in [-0.2, 0) is 11.3 Å². The molecule has 0 bridgehead atoms. The second kappa shape index (κ2) is 7.33. The molecule has 4 rings (SSSR count). The highest BCUT2D eigenvalue weighted by atomic mass is 35.5. The molecular weight excluding hydrogens is 352 g/mol. The van der Waals surface area contributed by atoms with Crippen molar-refractivity contribution in [2.75, 3.05) is 13.1 Å². The summed E-state index contributed by atoms with van der Waals surface area (Å²) in [6, 6.07) is 11.9. The number of carbonyl (C=O) groups is 1. The third-order valence-electron chi connectivity index (χ3n) is 4.75. The molecule has 3 aromatic rings. The molecule has 134 valence electrons. The van der Waals surface area contributed by atoms with Crippen molar-refractivity contribution in [3.05, 3.63) is 59.5 Å². The van der Waals surface area contributed by atoms with Crippen molar-refractivity contribution < 1.29 is 9.53 Å². The van der Waals surface area contributed by atoms with E-state index in [0.29, 0.717) is 24.8 Å². The third-order valence-corrected chi connectivity index (χ3v) is 5.05. The average Bonchev–Trinajstić information content (AvgIpc) is 3.12. The number of pyridine rings is 1. The van der Waals surface area contributed by atoms with E-state index in [2.05, 4.69) is 10.1 Å². The maximum atomic E-state index is 12.3. The molecule has 0 radical (unpaired) electrons. The number of aromatic nitrogens is 3. The summed E-state index contributed by atoms with van der Waals surface area (Å²) in [6.07, 6.45) is 4.85. The Hall–Kier alpha value is -2.60. The highest BCUT2D eigenvalue weighted by Gasteiger charge is 2.26. The molecule has 6 nitrogen and oxygen atoms in total. The molecular formula is C19H19ClN4O2. The van der Waals surface area contributed by atoms with Gasteiger partial charge in [-0.1, -0.05) is 41.9 Å². The van der Waals surface area contributed by atoms with E-state index in [9.17, 15) is 4.79 Å². The van der Waals surface area contributed by atoms with Gasteiger partial charge in [0.15, 0.2) is 0 Å². The van der Waals surface area contributed by atoms with Crippen LogP contribution >= 0.6 is 11.6 Å². The first-order valence-corrected chi connectivity index (χ1v) is 9.03. The van der Waals surface area contributed by atoms with Gasteiger partial charge >= 0.3 is 6.09 Å². The summed E-state index contributed by atoms with van der Waals surface area (Å²) in [5.41, 5.74) is 1.97. The molecule has 1 aliphatic heterocycles. The van der Waals surface area contributed by atoms with Crippen molar-refractivity contribution in [1.82, 2.24) is 19.7 Å². The number of likely N-dealkylation sites (tertiary alicyclic amines) is 1. The summed E-state index contributed by atoms with van der Waals surface area (Å²) in [7, 11) is 0. The lowest BCUT2D eigenvalue weighted by Crippen LogP contribution is -2.39. The molecule has 0 saturated carbocycles. The van der Waals surface area contributed by atoms with E-state index in [-0.39, 0.29) is 12.1 Å². The molecule has 26 heavy (non-hydrogen) atoms. The van der Waals surface area contributed by atoms with E-state index < -0.39 is 0 Å². The summed E-state index contributed by atoms with van der Waals surface area (Å²) in [5.74, 6) is 0. The van der Waals surface area contributed by atoms with Crippen LogP contribution in [0.1, 0.15) is 24.4 Å². The van der Waals surface area contributed by atoms with E-state index in [1.165, 1.54) is 0 Å². The Labute approximate surface area is 156 Å². The molecule has 0 spiro atoms. The largest absolute Gasteiger partial charge is 0.445 e. The Morgan fingerprint density at radius 3 is 2.73 bits per heavy atom. The summed E-state index contributed by atoms with van der Waals surface area (Å²) < 4.78 is 7.41. The van der Waals surface area contributed by atoms with E-state index in [1.807, 2.05) is 41.1 Å². The number of carbonyl (C=O) groups excluding carboxylic acids is 1.